The molecule has 0 bridgehead atoms. The van der Waals surface area contributed by atoms with Crippen molar-refractivity contribution in [2.45, 2.75) is 26.4 Å². The van der Waals surface area contributed by atoms with E-state index in [0.717, 1.165) is 0 Å². The van der Waals surface area contributed by atoms with E-state index in [2.05, 4.69) is 4.74 Å². The fourth-order valence-electron chi connectivity index (χ4n) is 0.302. The second-order valence-corrected chi connectivity index (χ2v) is 3.08. The van der Waals surface area contributed by atoms with E-state index in [1.165, 1.54) is 6.29 Å². The van der Waals surface area contributed by atoms with Crippen molar-refractivity contribution >= 4 is 24.0 Å². The average molecular weight is 234 g/mol. The summed E-state index contributed by atoms with van der Waals surface area (Å²) in [5.74, 6) is -0.0139. The Kier molecular flexibility index (Phi) is 16.4. The number of alkyl halides is 1. The van der Waals surface area contributed by atoms with Gasteiger partial charge in [0.25, 0.3) is 0 Å². The summed E-state index contributed by atoms with van der Waals surface area (Å²) in [5, 5.41) is 0. The van der Waals surface area contributed by atoms with Crippen LogP contribution in [0.4, 0.5) is 4.79 Å². The molecule has 0 unspecified atom stereocenters. The molecule has 0 aliphatic carbocycles. The van der Waals surface area contributed by atoms with Crippen molar-refractivity contribution in [3.05, 3.63) is 0 Å². The Morgan fingerprint density at radius 2 is 1.85 bits per heavy atom. The van der Waals surface area contributed by atoms with Gasteiger partial charge in [-0.05, 0) is 20.8 Å². The second kappa shape index (κ2) is 10.9. The molecule has 2 N–H and O–H groups in total. The molecule has 0 radical (unpaired) electrons. The second-order valence-electron chi connectivity index (χ2n) is 2.81. The number of carbonyl (C=O) groups excluding carboxylic acids is 2. The van der Waals surface area contributed by atoms with Crippen molar-refractivity contribution in [3.8, 4) is 0 Å². The molecule has 4 nitrogen and oxygen atoms in total. The minimum atomic E-state index is -0.725. The van der Waals surface area contributed by atoms with Gasteiger partial charge in [-0.15, -0.1) is 0 Å². The normalized spacial score (nSPS) is 8.62. The molecule has 13 heavy (non-hydrogen) atoms. The van der Waals surface area contributed by atoms with Crippen LogP contribution in [0, 0.1) is 0 Å². The molecule has 0 saturated carbocycles. The van der Waals surface area contributed by atoms with Gasteiger partial charge in [0.15, 0.2) is 0 Å². The Bertz CT molecular complexity index is 147. The third kappa shape index (κ3) is 32.2. The average Bonchev–Trinajstić information content (AvgIpc) is 1.83. The SMILES string of the molecule is CC(C)(C)OC(N)=O.O=[C-]CCl.[K+]. The van der Waals surface area contributed by atoms with Gasteiger partial charge >= 0.3 is 57.5 Å². The van der Waals surface area contributed by atoms with E-state index in [4.69, 9.17) is 22.1 Å². The summed E-state index contributed by atoms with van der Waals surface area (Å²) in [6.07, 6.45) is 0.721. The van der Waals surface area contributed by atoms with Gasteiger partial charge in [0, 0.05) is 0 Å². The molecule has 0 fully saturated rings. The molecule has 6 heteroatoms. The monoisotopic (exact) mass is 233 g/mol. The zero-order valence-corrected chi connectivity index (χ0v) is 12.3. The molecule has 0 aliphatic heterocycles. The van der Waals surface area contributed by atoms with Crippen LogP contribution in [0.1, 0.15) is 20.8 Å². The van der Waals surface area contributed by atoms with E-state index in [1.807, 2.05) is 0 Å². The van der Waals surface area contributed by atoms with Crippen LogP contribution in [-0.4, -0.2) is 23.9 Å². The zero-order valence-electron chi connectivity index (χ0n) is 8.39. The maximum absolute atomic E-state index is 10.0. The molecule has 0 heterocycles. The third-order valence-electron chi connectivity index (χ3n) is 0.461. The predicted molar refractivity (Wildman–Crippen MR) is 46.8 cm³/mol. The van der Waals surface area contributed by atoms with Crippen LogP contribution in [0.2, 0.25) is 0 Å². The van der Waals surface area contributed by atoms with E-state index in [-0.39, 0.29) is 57.3 Å². The number of ether oxygens (including phenoxy) is 1. The van der Waals surface area contributed by atoms with E-state index in [1.54, 1.807) is 20.8 Å². The smallest absolute Gasteiger partial charge is 0.541 e. The van der Waals surface area contributed by atoms with Crippen molar-refractivity contribution < 1.29 is 65.7 Å². The molecule has 72 valence electrons. The van der Waals surface area contributed by atoms with Crippen LogP contribution in [0.5, 0.6) is 0 Å². The molecule has 0 aromatic carbocycles. The molecule has 1 amide bonds. The first-order chi connectivity index (χ1) is 5.33. The maximum atomic E-state index is 10.0. The van der Waals surface area contributed by atoms with Crippen LogP contribution >= 0.6 is 11.6 Å². The number of rotatable bonds is 1. The molecule has 0 rings (SSSR count). The molecular weight excluding hydrogens is 221 g/mol. The van der Waals surface area contributed by atoms with Crippen LogP contribution in [0.25, 0.3) is 0 Å². The summed E-state index contributed by atoms with van der Waals surface area (Å²) in [5.41, 5.74) is 4.26. The topological polar surface area (TPSA) is 69.4 Å². The number of primary amides is 1. The number of carbonyl (C=O) groups is 1. The van der Waals surface area contributed by atoms with Gasteiger partial charge in [0.1, 0.15) is 5.60 Å². The first kappa shape index (κ1) is 19.4. The van der Waals surface area contributed by atoms with Crippen molar-refractivity contribution in [1.29, 1.82) is 0 Å². The van der Waals surface area contributed by atoms with E-state index >= 15 is 0 Å². The Morgan fingerprint density at radius 1 is 1.54 bits per heavy atom. The van der Waals surface area contributed by atoms with E-state index in [0.29, 0.717) is 0 Å². The summed E-state index contributed by atoms with van der Waals surface area (Å²) in [7, 11) is 0. The van der Waals surface area contributed by atoms with Gasteiger partial charge in [-0.2, -0.15) is 11.6 Å². The Labute approximate surface area is 126 Å². The molecular formula is C7H13ClKNO3. The van der Waals surface area contributed by atoms with Crippen LogP contribution in [-0.2, 0) is 9.53 Å². The van der Waals surface area contributed by atoms with Crippen LogP contribution < -0.4 is 57.1 Å². The fraction of sp³-hybridized carbons (Fsp3) is 0.714. The first-order valence-electron chi connectivity index (χ1n) is 3.23. The standard InChI is InChI=1S/C5H11NO2.C2H2ClO.K/c1-5(2,3)8-4(6)7;3-1-2-4;/h1-3H3,(H2,6,7);1H2;/q;-1;+1. The number of halogens is 1. The van der Waals surface area contributed by atoms with Crippen molar-refractivity contribution in [2.75, 3.05) is 5.88 Å². The first-order valence-corrected chi connectivity index (χ1v) is 3.76. The van der Waals surface area contributed by atoms with E-state index < -0.39 is 11.7 Å². The molecule has 0 saturated heterocycles. The number of hydrogen-bond donors (Lipinski definition) is 1. The zero-order chi connectivity index (χ0) is 10.2. The molecule has 0 aromatic rings. The summed E-state index contributed by atoms with van der Waals surface area (Å²) in [6.45, 7) is 5.28. The number of amides is 1. The largest absolute Gasteiger partial charge is 1.00 e. The molecule has 0 aliphatic rings. The number of hydrogen-bond acceptors (Lipinski definition) is 3. The summed E-state index contributed by atoms with van der Waals surface area (Å²) in [6, 6.07) is 0. The third-order valence-corrected chi connectivity index (χ3v) is 0.570. The van der Waals surface area contributed by atoms with Crippen LogP contribution in [0.3, 0.4) is 0 Å². The van der Waals surface area contributed by atoms with Gasteiger partial charge in [-0.3, -0.25) is 0 Å². The Morgan fingerprint density at radius 3 is 1.85 bits per heavy atom. The molecule has 0 atom stereocenters. The summed E-state index contributed by atoms with van der Waals surface area (Å²) >= 11 is 4.76. The molecule has 0 aromatic heterocycles. The van der Waals surface area contributed by atoms with Crippen molar-refractivity contribution in [2.24, 2.45) is 5.73 Å². The minimum Gasteiger partial charge on any atom is -0.541 e. The fourth-order valence-corrected chi connectivity index (χ4v) is 0.302. The van der Waals surface area contributed by atoms with Gasteiger partial charge in [0.2, 0.25) is 0 Å². The summed E-state index contributed by atoms with van der Waals surface area (Å²) in [4.78, 5) is 18.9. The van der Waals surface area contributed by atoms with Gasteiger partial charge in [-0.25, -0.2) is 11.1 Å². The molecule has 0 spiro atoms. The Balaban J connectivity index is -0.000000173. The van der Waals surface area contributed by atoms with Crippen LogP contribution in [0.15, 0.2) is 0 Å². The Hall–Kier alpha value is 0.866. The van der Waals surface area contributed by atoms with Gasteiger partial charge < -0.3 is 15.3 Å². The van der Waals surface area contributed by atoms with Crippen molar-refractivity contribution in [3.63, 3.8) is 0 Å². The van der Waals surface area contributed by atoms with E-state index in [9.17, 15) is 4.79 Å². The number of nitrogens with two attached hydrogens (primary N) is 1. The summed E-state index contributed by atoms with van der Waals surface area (Å²) < 4.78 is 4.58. The quantitative estimate of drug-likeness (QED) is 0.331. The van der Waals surface area contributed by atoms with Gasteiger partial charge in [0.05, 0.1) is 0 Å². The van der Waals surface area contributed by atoms with Gasteiger partial charge in [-0.1, -0.05) is 5.88 Å². The predicted octanol–water partition coefficient (Wildman–Crippen LogP) is -1.78. The minimum absolute atomic E-state index is 0. The maximum Gasteiger partial charge on any atom is 1.00 e. The van der Waals surface area contributed by atoms with Crippen molar-refractivity contribution in [1.82, 2.24) is 0 Å².